The van der Waals surface area contributed by atoms with Crippen LogP contribution in [0.25, 0.3) is 0 Å². The van der Waals surface area contributed by atoms with E-state index in [1.165, 1.54) is 20.5 Å². The van der Waals surface area contributed by atoms with Crippen molar-refractivity contribution in [3.8, 4) is 11.8 Å². The van der Waals surface area contributed by atoms with E-state index in [0.29, 0.717) is 11.5 Å². The van der Waals surface area contributed by atoms with Crippen molar-refractivity contribution in [1.29, 1.82) is 0 Å². The first-order valence-electron chi connectivity index (χ1n) is 7.08. The predicted octanol–water partition coefficient (Wildman–Crippen LogP) is 0.987. The number of aromatic nitrogens is 2. The zero-order valence-corrected chi connectivity index (χ0v) is 14.0. The van der Waals surface area contributed by atoms with E-state index in [4.69, 9.17) is 9.47 Å². The maximum absolute atomic E-state index is 12.8. The van der Waals surface area contributed by atoms with Crippen molar-refractivity contribution in [3.63, 3.8) is 0 Å². The van der Waals surface area contributed by atoms with Gasteiger partial charge >= 0.3 is 0 Å². The van der Waals surface area contributed by atoms with Crippen LogP contribution in [0.5, 0.6) is 11.8 Å². The third-order valence-corrected chi connectivity index (χ3v) is 3.68. The molecule has 1 N–H and O–H groups in total. The Morgan fingerprint density at radius 3 is 2.55 bits per heavy atom. The number of piperidine rings is 1. The second-order valence-corrected chi connectivity index (χ2v) is 5.08. The zero-order valence-electron chi connectivity index (χ0n) is 13.2. The molecule has 1 unspecified atom stereocenters. The molecule has 22 heavy (non-hydrogen) atoms. The highest BCUT2D eigenvalue weighted by molar-refractivity contribution is 5.98. The van der Waals surface area contributed by atoms with E-state index in [2.05, 4.69) is 15.3 Å². The lowest BCUT2D eigenvalue weighted by molar-refractivity contribution is 0.0665. The predicted molar refractivity (Wildman–Crippen MR) is 84.9 cm³/mol. The Hall–Kier alpha value is -1.60. The molecule has 1 aromatic rings. The number of halogens is 1. The van der Waals surface area contributed by atoms with Gasteiger partial charge in [-0.05, 0) is 32.4 Å². The molecular formula is C14H23ClN4O3. The van der Waals surface area contributed by atoms with Gasteiger partial charge in [0.25, 0.3) is 5.91 Å². The fourth-order valence-corrected chi connectivity index (χ4v) is 2.71. The maximum atomic E-state index is 12.8. The Balaban J connectivity index is 0.00000242. The molecule has 0 bridgehead atoms. The Bertz CT molecular complexity index is 477. The lowest BCUT2D eigenvalue weighted by atomic mass is 9.97. The molecule has 1 saturated heterocycles. The van der Waals surface area contributed by atoms with Crippen molar-refractivity contribution in [2.24, 2.45) is 5.92 Å². The van der Waals surface area contributed by atoms with Crippen LogP contribution in [-0.2, 0) is 0 Å². The van der Waals surface area contributed by atoms with Gasteiger partial charge < -0.3 is 19.7 Å². The molecule has 1 aromatic heterocycles. The number of methoxy groups -OCH3 is 2. The average Bonchev–Trinajstić information content (AvgIpc) is 2.54. The third-order valence-electron chi connectivity index (χ3n) is 3.68. The van der Waals surface area contributed by atoms with Crippen molar-refractivity contribution in [3.05, 3.63) is 11.9 Å². The van der Waals surface area contributed by atoms with Gasteiger partial charge in [0, 0.05) is 13.1 Å². The smallest absolute Gasteiger partial charge is 0.264 e. The van der Waals surface area contributed by atoms with Crippen molar-refractivity contribution < 1.29 is 14.3 Å². The molecule has 0 aliphatic carbocycles. The van der Waals surface area contributed by atoms with Crippen LogP contribution in [0.1, 0.15) is 23.2 Å². The molecule has 2 rings (SSSR count). The van der Waals surface area contributed by atoms with Crippen LogP contribution >= 0.6 is 12.4 Å². The molecule has 1 fully saturated rings. The molecule has 1 amide bonds. The maximum Gasteiger partial charge on any atom is 0.264 e. The number of carbonyl (C=O) groups is 1. The van der Waals surface area contributed by atoms with Crippen molar-refractivity contribution in [2.75, 3.05) is 40.9 Å². The topological polar surface area (TPSA) is 76.6 Å². The second kappa shape index (κ2) is 8.75. The minimum Gasteiger partial charge on any atom is -0.480 e. The summed E-state index contributed by atoms with van der Waals surface area (Å²) in [5.74, 6) is 0.838. The summed E-state index contributed by atoms with van der Waals surface area (Å²) in [7, 11) is 4.90. The lowest BCUT2D eigenvalue weighted by Gasteiger charge is -2.33. The van der Waals surface area contributed by atoms with E-state index in [-0.39, 0.29) is 30.1 Å². The van der Waals surface area contributed by atoms with Gasteiger partial charge in [0.1, 0.15) is 6.33 Å². The van der Waals surface area contributed by atoms with Crippen molar-refractivity contribution in [1.82, 2.24) is 20.2 Å². The van der Waals surface area contributed by atoms with E-state index < -0.39 is 0 Å². The minimum absolute atomic E-state index is 0. The van der Waals surface area contributed by atoms with Crippen LogP contribution in [0.15, 0.2) is 6.33 Å². The molecule has 8 heteroatoms. The number of ether oxygens (including phenoxy) is 2. The van der Waals surface area contributed by atoms with Crippen LogP contribution in [-0.4, -0.2) is 61.7 Å². The Labute approximate surface area is 136 Å². The molecule has 2 heterocycles. The van der Waals surface area contributed by atoms with Crippen molar-refractivity contribution in [2.45, 2.75) is 12.8 Å². The second-order valence-electron chi connectivity index (χ2n) is 5.08. The standard InChI is InChI=1S/C14H22N4O3.ClH/c1-15-7-10-5-4-6-18(8-10)14(19)11-12(20-2)16-9-17-13(11)21-3;/h9-10,15H,4-8H2,1-3H3;1H. The lowest BCUT2D eigenvalue weighted by Crippen LogP contribution is -2.42. The highest BCUT2D eigenvalue weighted by Crippen LogP contribution is 2.27. The van der Waals surface area contributed by atoms with Crippen LogP contribution in [0.3, 0.4) is 0 Å². The molecule has 124 valence electrons. The van der Waals surface area contributed by atoms with E-state index in [1.807, 2.05) is 11.9 Å². The largest absolute Gasteiger partial charge is 0.480 e. The van der Waals surface area contributed by atoms with Gasteiger partial charge in [0.15, 0.2) is 5.56 Å². The van der Waals surface area contributed by atoms with E-state index in [9.17, 15) is 4.79 Å². The van der Waals surface area contributed by atoms with Gasteiger partial charge in [-0.15, -0.1) is 12.4 Å². The average molecular weight is 331 g/mol. The summed E-state index contributed by atoms with van der Waals surface area (Å²) in [6.07, 6.45) is 3.45. The summed E-state index contributed by atoms with van der Waals surface area (Å²) in [6.45, 7) is 2.37. The third kappa shape index (κ3) is 3.98. The molecule has 0 radical (unpaired) electrons. The van der Waals surface area contributed by atoms with Gasteiger partial charge in [-0.3, -0.25) is 4.79 Å². The van der Waals surface area contributed by atoms with Crippen LogP contribution in [0.2, 0.25) is 0 Å². The van der Waals surface area contributed by atoms with E-state index >= 15 is 0 Å². The minimum atomic E-state index is -0.134. The van der Waals surface area contributed by atoms with Crippen molar-refractivity contribution >= 4 is 18.3 Å². The molecule has 1 aliphatic rings. The van der Waals surface area contributed by atoms with E-state index in [0.717, 1.165) is 32.5 Å². The summed E-state index contributed by atoms with van der Waals surface area (Å²) in [5, 5.41) is 3.17. The monoisotopic (exact) mass is 330 g/mol. The van der Waals surface area contributed by atoms with Crippen LogP contribution in [0, 0.1) is 5.92 Å². The summed E-state index contributed by atoms with van der Waals surface area (Å²) in [4.78, 5) is 22.6. The van der Waals surface area contributed by atoms with Crippen LogP contribution < -0.4 is 14.8 Å². The van der Waals surface area contributed by atoms with Gasteiger partial charge in [-0.25, -0.2) is 9.97 Å². The zero-order chi connectivity index (χ0) is 15.2. The molecule has 1 aliphatic heterocycles. The number of hydrogen-bond donors (Lipinski definition) is 1. The number of rotatable bonds is 5. The fraction of sp³-hybridized carbons (Fsp3) is 0.643. The fourth-order valence-electron chi connectivity index (χ4n) is 2.71. The highest BCUT2D eigenvalue weighted by Gasteiger charge is 2.29. The number of amides is 1. The molecule has 0 spiro atoms. The number of carbonyl (C=O) groups excluding carboxylic acids is 1. The quantitative estimate of drug-likeness (QED) is 0.867. The van der Waals surface area contributed by atoms with Gasteiger partial charge in [0.2, 0.25) is 11.8 Å². The Morgan fingerprint density at radius 2 is 2.00 bits per heavy atom. The SMILES string of the molecule is CNCC1CCCN(C(=O)c2c(OC)ncnc2OC)C1.Cl. The van der Waals surface area contributed by atoms with Gasteiger partial charge in [-0.2, -0.15) is 0 Å². The molecule has 0 aromatic carbocycles. The molecule has 7 nitrogen and oxygen atoms in total. The summed E-state index contributed by atoms with van der Waals surface area (Å²) < 4.78 is 10.4. The van der Waals surface area contributed by atoms with Crippen LogP contribution in [0.4, 0.5) is 0 Å². The number of nitrogens with one attached hydrogen (secondary N) is 1. The summed E-state index contributed by atoms with van der Waals surface area (Å²) >= 11 is 0. The summed E-state index contributed by atoms with van der Waals surface area (Å²) in [6, 6.07) is 0. The highest BCUT2D eigenvalue weighted by atomic mass is 35.5. The van der Waals surface area contributed by atoms with Gasteiger partial charge in [-0.1, -0.05) is 0 Å². The van der Waals surface area contributed by atoms with Gasteiger partial charge in [0.05, 0.1) is 14.2 Å². The number of nitrogens with zero attached hydrogens (tertiary/aromatic N) is 3. The number of hydrogen-bond acceptors (Lipinski definition) is 6. The molecule has 1 atom stereocenters. The summed E-state index contributed by atoms with van der Waals surface area (Å²) in [5.41, 5.74) is 0.299. The molecular weight excluding hydrogens is 308 g/mol. The normalized spacial score (nSPS) is 17.6. The number of likely N-dealkylation sites (tertiary alicyclic amines) is 1. The first kappa shape index (κ1) is 18.4. The first-order valence-corrected chi connectivity index (χ1v) is 7.08. The van der Waals surface area contributed by atoms with E-state index in [1.54, 1.807) is 0 Å². The Morgan fingerprint density at radius 1 is 1.36 bits per heavy atom. The first-order chi connectivity index (χ1) is 10.2. The Kier molecular flexibility index (Phi) is 7.34. The molecule has 0 saturated carbocycles.